The minimum Gasteiger partial charge on any atom is -0.272 e. The lowest BCUT2D eigenvalue weighted by atomic mass is 9.89. The van der Waals surface area contributed by atoms with E-state index in [-0.39, 0.29) is 5.91 Å². The Balaban J connectivity index is 1.54. The minimum absolute atomic E-state index is 0.300. The first-order valence-corrected chi connectivity index (χ1v) is 8.34. The van der Waals surface area contributed by atoms with Crippen LogP contribution in [0.15, 0.2) is 53.6 Å². The molecule has 0 fully saturated rings. The number of carbonyl (C=O) groups is 1. The van der Waals surface area contributed by atoms with Crippen LogP contribution in [0.3, 0.4) is 0 Å². The minimum atomic E-state index is -0.300. The van der Waals surface area contributed by atoms with Crippen molar-refractivity contribution in [1.29, 1.82) is 0 Å². The molecular formula is C19H15ClN4O. The first-order chi connectivity index (χ1) is 12.2. The lowest BCUT2D eigenvalue weighted by Gasteiger charge is -2.15. The van der Waals surface area contributed by atoms with Gasteiger partial charge in [0, 0.05) is 16.1 Å². The largest absolute Gasteiger partial charge is 0.289 e. The second kappa shape index (κ2) is 6.53. The van der Waals surface area contributed by atoms with Gasteiger partial charge in [-0.15, -0.1) is 0 Å². The lowest BCUT2D eigenvalue weighted by molar-refractivity contribution is 0.0949. The molecule has 0 saturated carbocycles. The number of amides is 1. The molecule has 1 heterocycles. The van der Waals surface area contributed by atoms with E-state index in [0.717, 1.165) is 35.2 Å². The van der Waals surface area contributed by atoms with E-state index in [9.17, 15) is 4.79 Å². The average Bonchev–Trinajstić information content (AvgIpc) is 3.06. The van der Waals surface area contributed by atoms with Crippen LogP contribution >= 0.6 is 11.6 Å². The summed E-state index contributed by atoms with van der Waals surface area (Å²) in [7, 11) is 0. The summed E-state index contributed by atoms with van der Waals surface area (Å²) in [4.78, 5) is 12.4. The quantitative estimate of drug-likeness (QED) is 0.559. The van der Waals surface area contributed by atoms with Crippen LogP contribution in [0.2, 0.25) is 5.02 Å². The highest BCUT2D eigenvalue weighted by Gasteiger charge is 2.24. The van der Waals surface area contributed by atoms with Gasteiger partial charge in [0.05, 0.1) is 11.9 Å². The summed E-state index contributed by atoms with van der Waals surface area (Å²) < 4.78 is 0. The number of nitrogens with zero attached hydrogens (tertiary/aromatic N) is 2. The van der Waals surface area contributed by atoms with Crippen LogP contribution in [0.4, 0.5) is 0 Å². The first-order valence-electron chi connectivity index (χ1n) is 7.97. The fourth-order valence-electron chi connectivity index (χ4n) is 3.06. The number of nitrogens with one attached hydrogen (secondary N) is 2. The van der Waals surface area contributed by atoms with Crippen molar-refractivity contribution in [1.82, 2.24) is 15.6 Å². The maximum atomic E-state index is 12.4. The van der Waals surface area contributed by atoms with Gasteiger partial charge in [-0.25, -0.2) is 5.43 Å². The Morgan fingerprint density at radius 2 is 2.08 bits per heavy atom. The SMILES string of the molecule is O=C(NN=Cc1cccc(Cl)c1)c1[nH]nc2c1CCc1ccccc1-2. The molecule has 3 aromatic rings. The molecule has 25 heavy (non-hydrogen) atoms. The summed E-state index contributed by atoms with van der Waals surface area (Å²) in [5, 5.41) is 11.8. The zero-order chi connectivity index (χ0) is 17.2. The van der Waals surface area contributed by atoms with Crippen LogP contribution in [0.25, 0.3) is 11.3 Å². The highest BCUT2D eigenvalue weighted by Crippen LogP contribution is 2.33. The molecule has 124 valence electrons. The molecule has 1 amide bonds. The number of hydrogen-bond donors (Lipinski definition) is 2. The van der Waals surface area contributed by atoms with Gasteiger partial charge in [0.15, 0.2) is 0 Å². The Morgan fingerprint density at radius 3 is 2.96 bits per heavy atom. The van der Waals surface area contributed by atoms with Gasteiger partial charge < -0.3 is 0 Å². The highest BCUT2D eigenvalue weighted by molar-refractivity contribution is 6.30. The standard InChI is InChI=1S/C19H15ClN4O/c20-14-6-3-4-12(10-14)11-21-24-19(25)18-16-9-8-13-5-1-2-7-15(13)17(16)22-23-18/h1-7,10-11H,8-9H2,(H,22,23)(H,24,25). The third-order valence-electron chi connectivity index (χ3n) is 4.24. The topological polar surface area (TPSA) is 70.1 Å². The van der Waals surface area contributed by atoms with Crippen molar-refractivity contribution in [3.05, 3.63) is 75.9 Å². The molecule has 0 aliphatic heterocycles. The molecule has 0 radical (unpaired) electrons. The summed E-state index contributed by atoms with van der Waals surface area (Å²) in [5.74, 6) is -0.300. The van der Waals surface area contributed by atoms with Crippen LogP contribution in [-0.4, -0.2) is 22.3 Å². The number of hydrazone groups is 1. The monoisotopic (exact) mass is 350 g/mol. The Hall–Kier alpha value is -2.92. The van der Waals surface area contributed by atoms with Gasteiger partial charge in [-0.1, -0.05) is 48.0 Å². The number of hydrogen-bond acceptors (Lipinski definition) is 3. The number of aromatic amines is 1. The number of carbonyl (C=O) groups excluding carboxylic acids is 1. The number of aryl methyl sites for hydroxylation is 1. The van der Waals surface area contributed by atoms with Crippen LogP contribution in [0, 0.1) is 0 Å². The maximum absolute atomic E-state index is 12.4. The predicted molar refractivity (Wildman–Crippen MR) is 97.9 cm³/mol. The van der Waals surface area contributed by atoms with Crippen molar-refractivity contribution in [3.8, 4) is 11.3 Å². The smallest absolute Gasteiger partial charge is 0.272 e. The molecule has 1 aliphatic rings. The van der Waals surface area contributed by atoms with Crippen LogP contribution in [0.1, 0.15) is 27.2 Å². The second-order valence-electron chi connectivity index (χ2n) is 5.84. The maximum Gasteiger partial charge on any atom is 0.289 e. The molecular weight excluding hydrogens is 336 g/mol. The number of fused-ring (bicyclic) bond motifs is 3. The lowest BCUT2D eigenvalue weighted by Crippen LogP contribution is -2.20. The molecule has 5 nitrogen and oxygen atoms in total. The second-order valence-corrected chi connectivity index (χ2v) is 6.27. The third kappa shape index (κ3) is 3.06. The first kappa shape index (κ1) is 15.6. The van der Waals surface area contributed by atoms with Gasteiger partial charge in [0.1, 0.15) is 5.69 Å². The van der Waals surface area contributed by atoms with E-state index in [0.29, 0.717) is 10.7 Å². The average molecular weight is 351 g/mol. The summed E-state index contributed by atoms with van der Waals surface area (Å²) >= 11 is 5.93. The van der Waals surface area contributed by atoms with Crippen molar-refractivity contribution in [2.45, 2.75) is 12.8 Å². The van der Waals surface area contributed by atoms with Crippen LogP contribution < -0.4 is 5.43 Å². The van der Waals surface area contributed by atoms with Gasteiger partial charge in [0.25, 0.3) is 5.91 Å². The molecule has 1 aromatic heterocycles. The zero-order valence-corrected chi connectivity index (χ0v) is 14.0. The molecule has 0 bridgehead atoms. The van der Waals surface area contributed by atoms with Gasteiger partial charge >= 0.3 is 0 Å². The Bertz CT molecular complexity index is 977. The van der Waals surface area contributed by atoms with Crippen LogP contribution in [0.5, 0.6) is 0 Å². The van der Waals surface area contributed by atoms with Crippen LogP contribution in [-0.2, 0) is 12.8 Å². The van der Waals surface area contributed by atoms with Crippen molar-refractivity contribution in [3.63, 3.8) is 0 Å². The third-order valence-corrected chi connectivity index (χ3v) is 4.47. The van der Waals surface area contributed by atoms with Gasteiger partial charge in [-0.05, 0) is 36.1 Å². The molecule has 0 unspecified atom stereocenters. The van der Waals surface area contributed by atoms with E-state index in [4.69, 9.17) is 11.6 Å². The molecule has 6 heteroatoms. The van der Waals surface area contributed by atoms with Crippen molar-refractivity contribution in [2.24, 2.45) is 5.10 Å². The van der Waals surface area contributed by atoms with Crippen molar-refractivity contribution >= 4 is 23.7 Å². The van der Waals surface area contributed by atoms with Gasteiger partial charge in [-0.2, -0.15) is 10.2 Å². The summed E-state index contributed by atoms with van der Waals surface area (Å²) in [6.45, 7) is 0. The number of H-pyrrole nitrogens is 1. The molecule has 2 aromatic carbocycles. The molecule has 0 saturated heterocycles. The van der Waals surface area contributed by atoms with E-state index < -0.39 is 0 Å². The van der Waals surface area contributed by atoms with E-state index in [1.807, 2.05) is 30.3 Å². The molecule has 0 spiro atoms. The van der Waals surface area contributed by atoms with Crippen molar-refractivity contribution < 1.29 is 4.79 Å². The predicted octanol–water partition coefficient (Wildman–Crippen LogP) is 3.59. The Morgan fingerprint density at radius 1 is 1.20 bits per heavy atom. The number of halogens is 1. The number of rotatable bonds is 3. The molecule has 0 atom stereocenters. The highest BCUT2D eigenvalue weighted by atomic mass is 35.5. The van der Waals surface area contributed by atoms with E-state index >= 15 is 0 Å². The summed E-state index contributed by atoms with van der Waals surface area (Å²) in [5.41, 5.74) is 7.96. The van der Waals surface area contributed by atoms with E-state index in [2.05, 4.69) is 26.8 Å². The zero-order valence-electron chi connectivity index (χ0n) is 13.3. The Labute approximate surface area is 149 Å². The summed E-state index contributed by atoms with van der Waals surface area (Å²) in [6.07, 6.45) is 3.24. The summed E-state index contributed by atoms with van der Waals surface area (Å²) in [6, 6.07) is 15.4. The van der Waals surface area contributed by atoms with E-state index in [1.54, 1.807) is 18.3 Å². The molecule has 4 rings (SSSR count). The van der Waals surface area contributed by atoms with Gasteiger partial charge in [-0.3, -0.25) is 9.89 Å². The Kier molecular flexibility index (Phi) is 4.07. The number of aromatic nitrogens is 2. The van der Waals surface area contributed by atoms with E-state index in [1.165, 1.54) is 5.56 Å². The number of benzene rings is 2. The normalized spacial score (nSPS) is 12.7. The fourth-order valence-corrected chi connectivity index (χ4v) is 3.26. The van der Waals surface area contributed by atoms with Crippen molar-refractivity contribution in [2.75, 3.05) is 0 Å². The molecule has 1 aliphatic carbocycles. The molecule has 2 N–H and O–H groups in total. The fraction of sp³-hybridized carbons (Fsp3) is 0.105. The van der Waals surface area contributed by atoms with Gasteiger partial charge in [0.2, 0.25) is 0 Å².